The number of carbonyl (C=O) groups is 1. The lowest BCUT2D eigenvalue weighted by Crippen LogP contribution is -2.36. The molecule has 1 aliphatic heterocycles. The number of nitrogens with zero attached hydrogens (tertiary/aromatic N) is 3. The fourth-order valence-corrected chi connectivity index (χ4v) is 2.78. The quantitative estimate of drug-likeness (QED) is 0.355. The minimum Gasteiger partial charge on any atom is -0.306 e. The summed E-state index contributed by atoms with van der Waals surface area (Å²) in [7, 11) is 0. The first kappa shape index (κ1) is 12.4. The molecule has 1 unspecified atom stereocenters. The molecule has 0 fully saturated rings. The minimum atomic E-state index is -0.253. The molecule has 0 aliphatic carbocycles. The Morgan fingerprint density at radius 1 is 1.47 bits per heavy atom. The fourth-order valence-electron chi connectivity index (χ4n) is 1.87. The van der Waals surface area contributed by atoms with Gasteiger partial charge >= 0.3 is 0 Å². The van der Waals surface area contributed by atoms with Gasteiger partial charge in [-0.25, -0.2) is 5.84 Å². The summed E-state index contributed by atoms with van der Waals surface area (Å²) in [6.07, 6.45) is 4.52. The van der Waals surface area contributed by atoms with Gasteiger partial charge in [-0.15, -0.1) is 10.2 Å². The van der Waals surface area contributed by atoms with Crippen LogP contribution >= 0.6 is 11.8 Å². The monoisotopic (exact) mass is 255 g/mol. The van der Waals surface area contributed by atoms with E-state index in [9.17, 15) is 4.79 Å². The predicted molar refractivity (Wildman–Crippen MR) is 65.2 cm³/mol. The molecule has 94 valence electrons. The van der Waals surface area contributed by atoms with Crippen LogP contribution in [0.4, 0.5) is 0 Å². The summed E-state index contributed by atoms with van der Waals surface area (Å²) >= 11 is 1.40. The highest BCUT2D eigenvalue weighted by Crippen LogP contribution is 2.25. The number of fused-ring (bicyclic) bond motifs is 1. The Hall–Kier alpha value is -1.08. The zero-order valence-electron chi connectivity index (χ0n) is 9.85. The van der Waals surface area contributed by atoms with Crippen LogP contribution in [0.15, 0.2) is 5.16 Å². The van der Waals surface area contributed by atoms with E-state index in [0.717, 1.165) is 30.4 Å². The van der Waals surface area contributed by atoms with E-state index in [0.29, 0.717) is 0 Å². The number of carbonyl (C=O) groups excluding carboxylic acids is 1. The van der Waals surface area contributed by atoms with Crippen LogP contribution in [0.25, 0.3) is 0 Å². The van der Waals surface area contributed by atoms with E-state index < -0.39 is 0 Å². The summed E-state index contributed by atoms with van der Waals surface area (Å²) in [5.74, 6) is 5.95. The molecular formula is C10H17N5OS. The summed E-state index contributed by atoms with van der Waals surface area (Å²) in [4.78, 5) is 11.4. The molecule has 0 saturated heterocycles. The van der Waals surface area contributed by atoms with E-state index in [-0.39, 0.29) is 11.2 Å². The molecule has 1 amide bonds. The van der Waals surface area contributed by atoms with Crippen molar-refractivity contribution in [1.82, 2.24) is 20.2 Å². The van der Waals surface area contributed by atoms with E-state index in [2.05, 4.69) is 20.2 Å². The number of aromatic nitrogens is 3. The van der Waals surface area contributed by atoms with Crippen LogP contribution in [0, 0.1) is 0 Å². The number of nitrogens with one attached hydrogen (secondary N) is 1. The molecule has 1 aromatic rings. The number of thioether (sulfide) groups is 1. The smallest absolute Gasteiger partial charge is 0.247 e. The Balaban J connectivity index is 2.11. The molecule has 2 rings (SSSR count). The molecule has 6 nitrogen and oxygen atoms in total. The first-order valence-corrected chi connectivity index (χ1v) is 6.69. The second-order valence-corrected chi connectivity index (χ2v) is 5.44. The first-order valence-electron chi connectivity index (χ1n) is 5.81. The summed E-state index contributed by atoms with van der Waals surface area (Å²) in [5.41, 5.74) is 2.15. The van der Waals surface area contributed by atoms with Crippen molar-refractivity contribution in [2.24, 2.45) is 5.84 Å². The van der Waals surface area contributed by atoms with Crippen LogP contribution in [-0.4, -0.2) is 25.9 Å². The fraction of sp³-hybridized carbons (Fsp3) is 0.700. The van der Waals surface area contributed by atoms with Gasteiger partial charge < -0.3 is 4.57 Å². The van der Waals surface area contributed by atoms with Gasteiger partial charge in [0.2, 0.25) is 5.91 Å². The van der Waals surface area contributed by atoms with Gasteiger partial charge in [0.25, 0.3) is 0 Å². The molecule has 3 N–H and O–H groups in total. The lowest BCUT2D eigenvalue weighted by atomic mass is 10.2. The van der Waals surface area contributed by atoms with Crippen LogP contribution in [0.5, 0.6) is 0 Å². The van der Waals surface area contributed by atoms with Crippen LogP contribution in [0.2, 0.25) is 0 Å². The zero-order valence-corrected chi connectivity index (χ0v) is 10.7. The Morgan fingerprint density at radius 2 is 2.29 bits per heavy atom. The number of rotatable bonds is 3. The Morgan fingerprint density at radius 3 is 3.06 bits per heavy atom. The van der Waals surface area contributed by atoms with Crippen LogP contribution in [0.1, 0.15) is 32.0 Å². The maximum atomic E-state index is 11.4. The van der Waals surface area contributed by atoms with Crippen LogP contribution in [0.3, 0.4) is 0 Å². The lowest BCUT2D eigenvalue weighted by molar-refractivity contribution is -0.120. The van der Waals surface area contributed by atoms with E-state index in [1.807, 2.05) is 6.92 Å². The van der Waals surface area contributed by atoms with Crippen LogP contribution < -0.4 is 11.3 Å². The highest BCUT2D eigenvalue weighted by molar-refractivity contribution is 8.00. The third-order valence-electron chi connectivity index (χ3n) is 2.87. The summed E-state index contributed by atoms with van der Waals surface area (Å²) in [5, 5.41) is 8.90. The van der Waals surface area contributed by atoms with E-state index in [1.165, 1.54) is 24.6 Å². The second-order valence-electron chi connectivity index (χ2n) is 4.13. The van der Waals surface area contributed by atoms with Gasteiger partial charge in [-0.05, 0) is 19.8 Å². The molecule has 1 aliphatic rings. The van der Waals surface area contributed by atoms with Gasteiger partial charge in [0.05, 0.1) is 5.25 Å². The standard InChI is InChI=1S/C10H17N5OS/c1-7(9(16)12-11)17-10-14-13-8-5-3-2-4-6-15(8)10/h7H,2-6,11H2,1H3,(H,12,16). The Kier molecular flexibility index (Phi) is 4.01. The SMILES string of the molecule is CC(Sc1nnc2n1CCCCC2)C(=O)NN. The van der Waals surface area contributed by atoms with Gasteiger partial charge in [-0.1, -0.05) is 18.2 Å². The predicted octanol–water partition coefficient (Wildman–Crippen LogP) is 0.475. The van der Waals surface area contributed by atoms with Crippen LogP contribution in [-0.2, 0) is 17.8 Å². The summed E-state index contributed by atoms with van der Waals surface area (Å²) in [6, 6.07) is 0. The Labute approximate surface area is 104 Å². The zero-order chi connectivity index (χ0) is 12.3. The average Bonchev–Trinajstić information content (AvgIpc) is 2.58. The van der Waals surface area contributed by atoms with Crippen molar-refractivity contribution >= 4 is 17.7 Å². The van der Waals surface area contributed by atoms with Crippen molar-refractivity contribution in [3.8, 4) is 0 Å². The maximum Gasteiger partial charge on any atom is 0.247 e. The van der Waals surface area contributed by atoms with E-state index >= 15 is 0 Å². The normalized spacial score (nSPS) is 17.1. The summed E-state index contributed by atoms with van der Waals surface area (Å²) in [6.45, 7) is 2.76. The third-order valence-corrected chi connectivity index (χ3v) is 3.95. The number of aryl methyl sites for hydroxylation is 1. The highest BCUT2D eigenvalue weighted by Gasteiger charge is 2.20. The first-order chi connectivity index (χ1) is 8.22. The van der Waals surface area contributed by atoms with Crippen molar-refractivity contribution in [1.29, 1.82) is 0 Å². The van der Waals surface area contributed by atoms with Gasteiger partial charge in [0.15, 0.2) is 5.16 Å². The second kappa shape index (κ2) is 5.50. The number of hydrogen-bond acceptors (Lipinski definition) is 5. The maximum absolute atomic E-state index is 11.4. The van der Waals surface area contributed by atoms with Crippen molar-refractivity contribution < 1.29 is 4.79 Å². The molecule has 0 radical (unpaired) electrons. The molecule has 0 saturated carbocycles. The largest absolute Gasteiger partial charge is 0.306 e. The van der Waals surface area contributed by atoms with E-state index in [1.54, 1.807) is 0 Å². The number of amides is 1. The van der Waals surface area contributed by atoms with Gasteiger partial charge in [0.1, 0.15) is 5.82 Å². The molecule has 0 bridgehead atoms. The molecule has 1 aromatic heterocycles. The van der Waals surface area contributed by atoms with Crippen molar-refractivity contribution in [3.63, 3.8) is 0 Å². The molecule has 1 atom stereocenters. The number of nitrogens with two attached hydrogens (primary N) is 1. The topological polar surface area (TPSA) is 85.8 Å². The third kappa shape index (κ3) is 2.78. The van der Waals surface area contributed by atoms with Crippen molar-refractivity contribution in [2.45, 2.75) is 49.6 Å². The Bertz CT molecular complexity index is 405. The lowest BCUT2D eigenvalue weighted by Gasteiger charge is -2.10. The number of hydrazine groups is 1. The molecule has 17 heavy (non-hydrogen) atoms. The molecule has 0 aromatic carbocycles. The van der Waals surface area contributed by atoms with Crippen molar-refractivity contribution in [2.75, 3.05) is 0 Å². The number of hydrogen-bond donors (Lipinski definition) is 2. The molecule has 7 heteroatoms. The average molecular weight is 255 g/mol. The molecule has 2 heterocycles. The molecular weight excluding hydrogens is 238 g/mol. The van der Waals surface area contributed by atoms with Gasteiger partial charge in [0, 0.05) is 13.0 Å². The molecule has 0 spiro atoms. The van der Waals surface area contributed by atoms with Crippen molar-refractivity contribution in [3.05, 3.63) is 5.82 Å². The van der Waals surface area contributed by atoms with E-state index in [4.69, 9.17) is 5.84 Å². The highest BCUT2D eigenvalue weighted by atomic mass is 32.2. The minimum absolute atomic E-state index is 0.194. The van der Waals surface area contributed by atoms with Gasteiger partial charge in [-0.3, -0.25) is 10.2 Å². The van der Waals surface area contributed by atoms with Gasteiger partial charge in [-0.2, -0.15) is 0 Å². The summed E-state index contributed by atoms with van der Waals surface area (Å²) < 4.78 is 2.12.